The highest BCUT2D eigenvalue weighted by atomic mass is 19.4. The van der Waals surface area contributed by atoms with Crippen molar-refractivity contribution in [3.63, 3.8) is 0 Å². The minimum Gasteiger partial charge on any atom is -0.307 e. The molecule has 8 aromatic carbocycles. The van der Waals surface area contributed by atoms with Gasteiger partial charge in [0.05, 0.1) is 90.6 Å². The van der Waals surface area contributed by atoms with Crippen molar-refractivity contribution in [2.75, 3.05) is 0 Å². The molecule has 0 aliphatic rings. The molecule has 0 aliphatic heterocycles. The lowest BCUT2D eigenvalue weighted by atomic mass is 9.94. The quantitative estimate of drug-likeness (QED) is 0.161. The van der Waals surface area contributed by atoms with Crippen LogP contribution in [0.4, 0.5) is 52.7 Å². The van der Waals surface area contributed by atoms with E-state index in [4.69, 9.17) is 0 Å². The Morgan fingerprint density at radius 1 is 0.333 bits per heavy atom. The molecule has 354 valence electrons. The van der Waals surface area contributed by atoms with Crippen molar-refractivity contribution in [3.8, 4) is 63.0 Å². The number of benzene rings is 8. The van der Waals surface area contributed by atoms with Gasteiger partial charge in [0.2, 0.25) is 0 Å². The lowest BCUT2D eigenvalue weighted by molar-refractivity contribution is -0.144. The van der Waals surface area contributed by atoms with Crippen LogP contribution in [0.2, 0.25) is 0 Å². The van der Waals surface area contributed by atoms with E-state index in [1.165, 1.54) is 60.7 Å². The fraction of sp³-hybridized carbons (Fsp3) is 0.0727. The molecule has 0 fully saturated rings. The zero-order valence-electron chi connectivity index (χ0n) is 36.2. The maximum absolute atomic E-state index is 14.7. The number of hydrogen-bond acceptors (Lipinski definition) is 3. The van der Waals surface area contributed by atoms with Crippen LogP contribution in [-0.4, -0.2) is 9.13 Å². The summed E-state index contributed by atoms with van der Waals surface area (Å²) in [6.07, 6.45) is -20.7. The first-order chi connectivity index (χ1) is 34.1. The molecule has 5 nitrogen and oxygen atoms in total. The Labute approximate surface area is 398 Å². The van der Waals surface area contributed by atoms with Gasteiger partial charge in [0.1, 0.15) is 0 Å². The third-order valence-corrected chi connectivity index (χ3v) is 12.5. The number of para-hydroxylation sites is 2. The highest BCUT2D eigenvalue weighted by molar-refractivity contribution is 6.13. The van der Waals surface area contributed by atoms with Gasteiger partial charge < -0.3 is 9.13 Å². The molecule has 2 heterocycles. The van der Waals surface area contributed by atoms with Gasteiger partial charge in [0.15, 0.2) is 0 Å². The number of nitriles is 3. The van der Waals surface area contributed by atoms with E-state index in [1.54, 1.807) is 63.7 Å². The zero-order valence-corrected chi connectivity index (χ0v) is 36.2. The second kappa shape index (κ2) is 16.6. The number of hydrogen-bond donors (Lipinski definition) is 0. The Bertz CT molecular complexity index is 4000. The van der Waals surface area contributed by atoms with Crippen LogP contribution in [-0.2, 0) is 24.7 Å². The van der Waals surface area contributed by atoms with Crippen LogP contribution in [0.25, 0.3) is 88.4 Å². The predicted molar refractivity (Wildman–Crippen MR) is 246 cm³/mol. The van der Waals surface area contributed by atoms with E-state index in [-0.39, 0.29) is 73.5 Å². The first-order valence-electron chi connectivity index (χ1n) is 21.3. The fourth-order valence-corrected chi connectivity index (χ4v) is 9.39. The standard InChI is InChI=1S/C55H25F12N5/c56-52(57,58)35-11-15-37(44(23-35)54(62,63)64)31-9-13-41-39-5-1-3-7-46(39)71(48(41)20-31)50-22-34(28-70)43(33-18-29(26-68)17-30(19-33)27-69)25-51(50)72-47-8-4-2-6-40(47)42-14-10-32(21-49(42)72)38-16-12-36(53(59,60)61)24-45(38)55(65,66)67/h1-25H. The highest BCUT2D eigenvalue weighted by Crippen LogP contribution is 2.47. The summed E-state index contributed by atoms with van der Waals surface area (Å²) >= 11 is 0. The Hall–Kier alpha value is -9.01. The molecule has 0 atom stereocenters. The molecule has 0 saturated carbocycles. The molecule has 0 aliphatic carbocycles. The van der Waals surface area contributed by atoms with Crippen molar-refractivity contribution in [1.82, 2.24) is 9.13 Å². The zero-order chi connectivity index (χ0) is 51.2. The SMILES string of the molecule is N#Cc1cc(C#N)cc(-c2cc(-n3c4ccccc4c4ccc(-c5ccc(C(F)(F)F)cc5C(F)(F)F)cc43)c(-n3c4ccccc4c4ccc(-c5ccc(C(F)(F)F)cc5C(F)(F)F)cc43)cc2C#N)c1. The van der Waals surface area contributed by atoms with Crippen molar-refractivity contribution >= 4 is 43.6 Å². The van der Waals surface area contributed by atoms with Crippen LogP contribution in [0.5, 0.6) is 0 Å². The van der Waals surface area contributed by atoms with Crippen molar-refractivity contribution in [2.24, 2.45) is 0 Å². The summed E-state index contributed by atoms with van der Waals surface area (Å²) in [5.41, 5.74) is -5.56. The summed E-state index contributed by atoms with van der Waals surface area (Å²) < 4.78 is 174. The van der Waals surface area contributed by atoms with Crippen molar-refractivity contribution < 1.29 is 52.7 Å². The summed E-state index contributed by atoms with van der Waals surface area (Å²) in [4.78, 5) is 0. The number of alkyl halides is 12. The van der Waals surface area contributed by atoms with Crippen molar-refractivity contribution in [2.45, 2.75) is 24.7 Å². The van der Waals surface area contributed by atoms with Gasteiger partial charge in [-0.2, -0.15) is 68.5 Å². The molecule has 0 unspecified atom stereocenters. The number of aromatic nitrogens is 2. The van der Waals surface area contributed by atoms with Crippen molar-refractivity contribution in [1.29, 1.82) is 15.8 Å². The summed E-state index contributed by atoms with van der Waals surface area (Å²) in [6.45, 7) is 0. The van der Waals surface area contributed by atoms with E-state index in [0.29, 0.717) is 44.7 Å². The van der Waals surface area contributed by atoms with Gasteiger partial charge in [-0.3, -0.25) is 0 Å². The number of nitrogens with zero attached hydrogens (tertiary/aromatic N) is 5. The van der Waals surface area contributed by atoms with Crippen molar-refractivity contribution in [3.05, 3.63) is 191 Å². The van der Waals surface area contributed by atoms with E-state index in [1.807, 2.05) is 12.1 Å². The molecule has 0 saturated heterocycles. The molecule has 0 radical (unpaired) electrons. The van der Waals surface area contributed by atoms with Crippen LogP contribution in [0.1, 0.15) is 38.9 Å². The number of rotatable bonds is 5. The average Bonchev–Trinajstić information content (AvgIpc) is 3.86. The van der Waals surface area contributed by atoms with E-state index in [2.05, 4.69) is 6.07 Å². The molecule has 72 heavy (non-hydrogen) atoms. The van der Waals surface area contributed by atoms with Gasteiger partial charge in [-0.1, -0.05) is 72.8 Å². The fourth-order valence-electron chi connectivity index (χ4n) is 9.39. The minimum absolute atomic E-state index is 0.0308. The van der Waals surface area contributed by atoms with E-state index >= 15 is 0 Å². The minimum atomic E-state index is -5.25. The van der Waals surface area contributed by atoms with Gasteiger partial charge in [-0.15, -0.1) is 0 Å². The van der Waals surface area contributed by atoms with Crippen LogP contribution >= 0.6 is 0 Å². The summed E-state index contributed by atoms with van der Waals surface area (Å²) in [5, 5.41) is 32.8. The van der Waals surface area contributed by atoms with Crippen LogP contribution < -0.4 is 0 Å². The average molecular weight is 984 g/mol. The van der Waals surface area contributed by atoms with Gasteiger partial charge in [0.25, 0.3) is 0 Å². The topological polar surface area (TPSA) is 81.2 Å². The second-order valence-corrected chi connectivity index (χ2v) is 16.7. The van der Waals surface area contributed by atoms with Crippen LogP contribution in [0.15, 0.2) is 152 Å². The van der Waals surface area contributed by atoms with Crippen LogP contribution in [0.3, 0.4) is 0 Å². The maximum Gasteiger partial charge on any atom is 0.417 e. The Kier molecular flexibility index (Phi) is 10.7. The van der Waals surface area contributed by atoms with E-state index in [0.717, 1.165) is 12.1 Å². The predicted octanol–water partition coefficient (Wildman–Crippen LogP) is 16.6. The molecule has 17 heteroatoms. The lowest BCUT2D eigenvalue weighted by Gasteiger charge is -2.20. The number of halogens is 12. The lowest BCUT2D eigenvalue weighted by Crippen LogP contribution is -2.12. The van der Waals surface area contributed by atoms with Crippen LogP contribution in [0, 0.1) is 34.0 Å². The Morgan fingerprint density at radius 2 is 0.750 bits per heavy atom. The third kappa shape index (κ3) is 7.87. The second-order valence-electron chi connectivity index (χ2n) is 16.7. The van der Waals surface area contributed by atoms with Gasteiger partial charge in [-0.05, 0) is 107 Å². The first kappa shape index (κ1) is 46.7. The molecule has 0 amide bonds. The highest BCUT2D eigenvalue weighted by Gasteiger charge is 2.40. The van der Waals surface area contributed by atoms with E-state index in [9.17, 15) is 68.5 Å². The Morgan fingerprint density at radius 3 is 1.15 bits per heavy atom. The summed E-state index contributed by atoms with van der Waals surface area (Å²) in [5.74, 6) is 0. The molecule has 10 aromatic rings. The molecular weight excluding hydrogens is 959 g/mol. The molecule has 0 spiro atoms. The maximum atomic E-state index is 14.7. The smallest absolute Gasteiger partial charge is 0.307 e. The summed E-state index contributed by atoms with van der Waals surface area (Å²) in [7, 11) is 0. The Balaban J connectivity index is 1.35. The molecular formula is C55H25F12N5. The summed E-state index contributed by atoms with van der Waals surface area (Å²) in [6, 6.07) is 37.9. The number of fused-ring (bicyclic) bond motifs is 6. The normalized spacial score (nSPS) is 12.4. The van der Waals surface area contributed by atoms with Gasteiger partial charge in [-0.25, -0.2) is 0 Å². The molecule has 0 bridgehead atoms. The van der Waals surface area contributed by atoms with E-state index < -0.39 is 58.1 Å². The molecule has 0 N–H and O–H groups in total. The third-order valence-electron chi connectivity index (χ3n) is 12.5. The molecule has 2 aromatic heterocycles. The largest absolute Gasteiger partial charge is 0.417 e. The monoisotopic (exact) mass is 983 g/mol. The first-order valence-corrected chi connectivity index (χ1v) is 21.3. The van der Waals surface area contributed by atoms with Gasteiger partial charge >= 0.3 is 24.7 Å². The van der Waals surface area contributed by atoms with Gasteiger partial charge in [0, 0.05) is 27.1 Å². The molecule has 10 rings (SSSR count).